The van der Waals surface area contributed by atoms with Gasteiger partial charge in [0.15, 0.2) is 17.6 Å². The SMILES string of the molecule is C=C/C=C\C=C(/N)CN1Cc2cc3c(cc2C[C@H]1C(=O)N[C@@H](Cc1ccc(-c2ccnc(C)c2C)cc1)C(=O)O)OC[C@H](c1ccc(OCc2ccc(Cl)c(Cl)c2)cc1)O3. The Labute approximate surface area is 359 Å². The summed E-state index contributed by atoms with van der Waals surface area (Å²) in [5.41, 5.74) is 15.6. The summed E-state index contributed by atoms with van der Waals surface area (Å²) in [6.45, 7) is 8.97. The number of aliphatic carboxylic acids is 1. The molecule has 0 bridgehead atoms. The predicted octanol–water partition coefficient (Wildman–Crippen LogP) is 8.89. The fourth-order valence-electron chi connectivity index (χ4n) is 7.39. The molecule has 3 heterocycles. The predicted molar refractivity (Wildman–Crippen MR) is 234 cm³/mol. The summed E-state index contributed by atoms with van der Waals surface area (Å²) in [6, 6.07) is 24.8. The van der Waals surface area contributed by atoms with Crippen LogP contribution < -0.4 is 25.3 Å². The maximum absolute atomic E-state index is 14.1. The van der Waals surface area contributed by atoms with Crippen molar-refractivity contribution >= 4 is 35.1 Å². The quantitative estimate of drug-likeness (QED) is 0.0937. The van der Waals surface area contributed by atoms with Gasteiger partial charge in [0.25, 0.3) is 0 Å². The normalized spacial score (nSPS) is 16.8. The van der Waals surface area contributed by atoms with Crippen molar-refractivity contribution in [2.75, 3.05) is 13.2 Å². The molecule has 0 radical (unpaired) electrons. The van der Waals surface area contributed by atoms with Gasteiger partial charge in [-0.25, -0.2) is 4.79 Å². The molecule has 4 aromatic carbocycles. The summed E-state index contributed by atoms with van der Waals surface area (Å²) in [5, 5.41) is 14.1. The van der Waals surface area contributed by atoms with E-state index < -0.39 is 24.0 Å². The van der Waals surface area contributed by atoms with Gasteiger partial charge in [0.2, 0.25) is 5.91 Å². The molecule has 0 spiro atoms. The molecule has 0 fully saturated rings. The highest BCUT2D eigenvalue weighted by Crippen LogP contribution is 2.41. The van der Waals surface area contributed by atoms with E-state index in [-0.39, 0.29) is 25.7 Å². The van der Waals surface area contributed by atoms with Gasteiger partial charge in [-0.05, 0) is 113 Å². The molecule has 10 nitrogen and oxygen atoms in total. The van der Waals surface area contributed by atoms with Gasteiger partial charge in [0.1, 0.15) is 25.0 Å². The third-order valence-electron chi connectivity index (χ3n) is 10.8. The number of carboxylic acids is 1. The van der Waals surface area contributed by atoms with Crippen molar-refractivity contribution in [3.05, 3.63) is 177 Å². The number of fused-ring (bicyclic) bond motifs is 2. The molecule has 0 saturated carbocycles. The molecule has 2 aliphatic heterocycles. The van der Waals surface area contributed by atoms with E-state index in [2.05, 4.69) is 16.9 Å². The van der Waals surface area contributed by atoms with Gasteiger partial charge >= 0.3 is 5.97 Å². The molecule has 1 amide bonds. The first-order chi connectivity index (χ1) is 28.9. The third-order valence-corrected chi connectivity index (χ3v) is 11.6. The molecule has 1 aromatic heterocycles. The van der Waals surface area contributed by atoms with Gasteiger partial charge in [-0.3, -0.25) is 14.7 Å². The first kappa shape index (κ1) is 42.1. The number of benzene rings is 4. The molecule has 3 atom stereocenters. The molecule has 0 saturated heterocycles. The Morgan fingerprint density at radius 1 is 0.983 bits per heavy atom. The van der Waals surface area contributed by atoms with Crippen LogP contribution in [0.25, 0.3) is 11.1 Å². The number of carbonyl (C=O) groups is 2. The number of carboxylic acid groups (broad SMARTS) is 1. The van der Waals surface area contributed by atoms with Crippen molar-refractivity contribution in [3.63, 3.8) is 0 Å². The number of nitrogens with two attached hydrogens (primary N) is 1. The lowest BCUT2D eigenvalue weighted by Gasteiger charge is -2.37. The van der Waals surface area contributed by atoms with Crippen LogP contribution in [0.2, 0.25) is 10.0 Å². The van der Waals surface area contributed by atoms with Gasteiger partial charge in [0, 0.05) is 37.1 Å². The Kier molecular flexibility index (Phi) is 13.2. The van der Waals surface area contributed by atoms with Crippen LogP contribution in [0, 0.1) is 13.8 Å². The summed E-state index contributed by atoms with van der Waals surface area (Å²) in [7, 11) is 0. The number of nitrogens with zero attached hydrogens (tertiary/aromatic N) is 2. The lowest BCUT2D eigenvalue weighted by Crippen LogP contribution is -2.55. The maximum Gasteiger partial charge on any atom is 0.326 e. The topological polar surface area (TPSA) is 136 Å². The van der Waals surface area contributed by atoms with E-state index in [9.17, 15) is 14.7 Å². The second-order valence-corrected chi connectivity index (χ2v) is 15.8. The number of hydrogen-bond acceptors (Lipinski definition) is 8. The van der Waals surface area contributed by atoms with E-state index in [1.165, 1.54) is 0 Å². The van der Waals surface area contributed by atoms with Crippen molar-refractivity contribution in [1.29, 1.82) is 0 Å². The molecule has 5 aromatic rings. The van der Waals surface area contributed by atoms with Crippen molar-refractivity contribution in [1.82, 2.24) is 15.2 Å². The van der Waals surface area contributed by atoms with E-state index in [0.717, 1.165) is 50.2 Å². The number of aryl methyl sites for hydroxylation is 1. The van der Waals surface area contributed by atoms with Gasteiger partial charge in [-0.15, -0.1) is 0 Å². The zero-order valence-electron chi connectivity index (χ0n) is 33.4. The first-order valence-corrected chi connectivity index (χ1v) is 20.4. The smallest absolute Gasteiger partial charge is 0.326 e. The van der Waals surface area contributed by atoms with E-state index in [0.29, 0.717) is 52.6 Å². The molecule has 0 aliphatic carbocycles. The molecular formula is C48H46Cl2N4O6. The summed E-state index contributed by atoms with van der Waals surface area (Å²) in [6.07, 6.45) is 8.82. The van der Waals surface area contributed by atoms with Gasteiger partial charge in [0.05, 0.1) is 16.1 Å². The lowest BCUT2D eigenvalue weighted by atomic mass is 9.92. The molecule has 7 rings (SSSR count). The highest BCUT2D eigenvalue weighted by atomic mass is 35.5. The van der Waals surface area contributed by atoms with Crippen molar-refractivity contribution in [3.8, 4) is 28.4 Å². The Bertz CT molecular complexity index is 2450. The fourth-order valence-corrected chi connectivity index (χ4v) is 7.71. The molecule has 2 aliphatic rings. The summed E-state index contributed by atoms with van der Waals surface area (Å²) < 4.78 is 18.7. The Hall–Kier alpha value is -6.07. The van der Waals surface area contributed by atoms with Crippen LogP contribution in [0.3, 0.4) is 0 Å². The van der Waals surface area contributed by atoms with Crippen molar-refractivity contribution in [2.45, 2.75) is 58.0 Å². The minimum atomic E-state index is -1.15. The zero-order valence-corrected chi connectivity index (χ0v) is 34.9. The van der Waals surface area contributed by atoms with Crippen LogP contribution in [-0.4, -0.2) is 52.1 Å². The van der Waals surface area contributed by atoms with Crippen LogP contribution in [0.1, 0.15) is 45.2 Å². The van der Waals surface area contributed by atoms with Gasteiger partial charge < -0.3 is 30.4 Å². The highest BCUT2D eigenvalue weighted by Gasteiger charge is 2.36. The molecule has 12 heteroatoms. The van der Waals surface area contributed by atoms with E-state index in [1.54, 1.807) is 42.6 Å². The van der Waals surface area contributed by atoms with Crippen LogP contribution in [0.15, 0.2) is 128 Å². The lowest BCUT2D eigenvalue weighted by molar-refractivity contribution is -0.142. The number of carbonyl (C=O) groups excluding carboxylic acids is 1. The van der Waals surface area contributed by atoms with Crippen molar-refractivity contribution < 1.29 is 28.9 Å². The highest BCUT2D eigenvalue weighted by molar-refractivity contribution is 6.42. The molecule has 308 valence electrons. The number of pyridine rings is 1. The molecule has 60 heavy (non-hydrogen) atoms. The third kappa shape index (κ3) is 10.0. The standard InChI is InChI=1S/C48H46Cl2N4O6/c1-4-5-6-7-37(51)26-54-25-36-24-45-44(59-28-46(60-45)34-13-15-38(16-14-34)58-27-32-10-17-40(49)41(50)20-32)23-35(36)22-43(54)47(55)53-42(48(56)57)21-31-8-11-33(12-9-31)39-18-19-52-30(3)29(39)2/h4-20,23-24,42-43,46H,1,21-22,25-28,51H2,2-3H3,(H,53,55)(H,56,57)/b6-5-,37-7-/t42-,43-,46+/m0/s1. The summed E-state index contributed by atoms with van der Waals surface area (Å²) in [5.74, 6) is 0.345. The minimum absolute atomic E-state index is 0.113. The van der Waals surface area contributed by atoms with E-state index in [1.807, 2.05) is 91.5 Å². The Morgan fingerprint density at radius 2 is 1.73 bits per heavy atom. The second kappa shape index (κ2) is 18.9. The number of halogens is 2. The number of rotatable bonds is 14. The van der Waals surface area contributed by atoms with E-state index in [4.69, 9.17) is 43.1 Å². The number of nitrogens with one attached hydrogen (secondary N) is 1. The first-order valence-electron chi connectivity index (χ1n) is 19.6. The molecule has 4 N–H and O–H groups in total. The molecular weight excluding hydrogens is 799 g/mol. The van der Waals surface area contributed by atoms with Gasteiger partial charge in [-0.2, -0.15) is 0 Å². The number of hydrogen-bond donors (Lipinski definition) is 3. The average molecular weight is 846 g/mol. The summed E-state index contributed by atoms with van der Waals surface area (Å²) >= 11 is 12.2. The Morgan fingerprint density at radius 3 is 2.47 bits per heavy atom. The van der Waals surface area contributed by atoms with Crippen LogP contribution >= 0.6 is 23.2 Å². The van der Waals surface area contributed by atoms with Crippen LogP contribution in [0.5, 0.6) is 17.2 Å². The van der Waals surface area contributed by atoms with Gasteiger partial charge in [-0.1, -0.05) is 90.5 Å². The van der Waals surface area contributed by atoms with Crippen LogP contribution in [0.4, 0.5) is 0 Å². The van der Waals surface area contributed by atoms with Crippen molar-refractivity contribution in [2.24, 2.45) is 5.73 Å². The summed E-state index contributed by atoms with van der Waals surface area (Å²) in [4.78, 5) is 33.0. The zero-order chi connectivity index (χ0) is 42.3. The maximum atomic E-state index is 14.1. The second-order valence-electron chi connectivity index (χ2n) is 14.9. The number of allylic oxidation sites excluding steroid dienone is 4. The number of aromatic nitrogens is 1. The monoisotopic (exact) mass is 844 g/mol. The Balaban J connectivity index is 1.05. The minimum Gasteiger partial charge on any atom is -0.489 e. The largest absolute Gasteiger partial charge is 0.489 e. The molecule has 0 unspecified atom stereocenters. The van der Waals surface area contributed by atoms with E-state index >= 15 is 0 Å². The van der Waals surface area contributed by atoms with Crippen LogP contribution in [-0.2, 0) is 35.6 Å². The number of ether oxygens (including phenoxy) is 3. The number of amides is 1. The fraction of sp³-hybridized carbons (Fsp3) is 0.229. The average Bonchev–Trinajstić information content (AvgIpc) is 3.24.